The Morgan fingerprint density at radius 1 is 1.18 bits per heavy atom. The third-order valence-electron chi connectivity index (χ3n) is 6.67. The molecule has 0 atom stereocenters. The molecule has 1 aliphatic rings. The van der Waals surface area contributed by atoms with Crippen LogP contribution in [0, 0.1) is 5.41 Å². The third-order valence-corrected chi connectivity index (χ3v) is 6.99. The Morgan fingerprint density at radius 2 is 1.88 bits per heavy atom. The van der Waals surface area contributed by atoms with Gasteiger partial charge < -0.3 is 5.32 Å². The van der Waals surface area contributed by atoms with E-state index in [1.807, 2.05) is 6.08 Å². The summed E-state index contributed by atoms with van der Waals surface area (Å²) >= 11 is 6.37. The quantitative estimate of drug-likeness (QED) is 0.252. The predicted octanol–water partition coefficient (Wildman–Crippen LogP) is 9.21. The molecule has 33 heavy (non-hydrogen) atoms. The van der Waals surface area contributed by atoms with Gasteiger partial charge in [0.05, 0.1) is 5.02 Å². The van der Waals surface area contributed by atoms with Gasteiger partial charge in [-0.2, -0.15) is 0 Å². The SMILES string of the molecule is CCCCCCCCNC(=O)c1ccc(/C(F)=C(C)/C=C/C2=C(C)CCCC2(C)C)c(Cl)c1. The first kappa shape index (κ1) is 27.4. The smallest absolute Gasteiger partial charge is 0.251 e. The van der Waals surface area contributed by atoms with Crippen LogP contribution in [-0.2, 0) is 0 Å². The molecule has 1 N–H and O–H groups in total. The maximum absolute atomic E-state index is 15.2. The molecule has 2 nitrogen and oxygen atoms in total. The van der Waals surface area contributed by atoms with Crippen molar-refractivity contribution in [2.75, 3.05) is 6.54 Å². The number of allylic oxidation sites excluding steroid dienone is 5. The van der Waals surface area contributed by atoms with Crippen molar-refractivity contribution in [1.29, 1.82) is 0 Å². The minimum atomic E-state index is -0.359. The van der Waals surface area contributed by atoms with Gasteiger partial charge in [-0.25, -0.2) is 4.39 Å². The fraction of sp³-hybridized carbons (Fsp3) is 0.552. The molecule has 0 aliphatic heterocycles. The number of unbranched alkanes of at least 4 members (excludes halogenated alkanes) is 5. The van der Waals surface area contributed by atoms with Crippen LogP contribution in [0.4, 0.5) is 4.39 Å². The fourth-order valence-corrected chi connectivity index (χ4v) is 4.81. The third kappa shape index (κ3) is 8.14. The molecule has 4 heteroatoms. The van der Waals surface area contributed by atoms with Crippen molar-refractivity contribution < 1.29 is 9.18 Å². The number of halogens is 2. The van der Waals surface area contributed by atoms with Gasteiger partial charge in [-0.1, -0.05) is 82.2 Å². The van der Waals surface area contributed by atoms with E-state index in [2.05, 4.69) is 39.1 Å². The lowest BCUT2D eigenvalue weighted by molar-refractivity contribution is 0.0953. The lowest BCUT2D eigenvalue weighted by Crippen LogP contribution is -2.24. The Labute approximate surface area is 205 Å². The zero-order valence-electron chi connectivity index (χ0n) is 21.1. The first-order chi connectivity index (χ1) is 15.7. The van der Waals surface area contributed by atoms with Gasteiger partial charge >= 0.3 is 0 Å². The summed E-state index contributed by atoms with van der Waals surface area (Å²) in [4.78, 5) is 12.4. The summed E-state index contributed by atoms with van der Waals surface area (Å²) in [5.41, 5.74) is 4.09. The van der Waals surface area contributed by atoms with Gasteiger partial charge in [0.15, 0.2) is 0 Å². The van der Waals surface area contributed by atoms with Crippen LogP contribution in [0.5, 0.6) is 0 Å². The lowest BCUT2D eigenvalue weighted by Gasteiger charge is -2.33. The highest BCUT2D eigenvalue weighted by atomic mass is 35.5. The number of hydrogen-bond donors (Lipinski definition) is 1. The lowest BCUT2D eigenvalue weighted by atomic mass is 9.72. The van der Waals surface area contributed by atoms with Crippen LogP contribution in [0.3, 0.4) is 0 Å². The number of nitrogens with one attached hydrogen (secondary N) is 1. The Bertz CT molecular complexity index is 910. The summed E-state index contributed by atoms with van der Waals surface area (Å²) in [5, 5.41) is 3.19. The molecule has 2 rings (SSSR count). The largest absolute Gasteiger partial charge is 0.352 e. The minimum absolute atomic E-state index is 0.109. The van der Waals surface area contributed by atoms with Crippen LogP contribution < -0.4 is 5.32 Å². The van der Waals surface area contributed by atoms with Crippen molar-refractivity contribution in [2.24, 2.45) is 5.41 Å². The molecule has 0 radical (unpaired) electrons. The predicted molar refractivity (Wildman–Crippen MR) is 140 cm³/mol. The van der Waals surface area contributed by atoms with E-state index in [0.717, 1.165) is 25.7 Å². The van der Waals surface area contributed by atoms with Crippen LogP contribution in [0.2, 0.25) is 5.02 Å². The van der Waals surface area contributed by atoms with Gasteiger partial charge in [-0.15, -0.1) is 0 Å². The number of hydrogen-bond acceptors (Lipinski definition) is 1. The molecule has 0 saturated carbocycles. The highest BCUT2D eigenvalue weighted by Gasteiger charge is 2.26. The zero-order chi connectivity index (χ0) is 24.4. The minimum Gasteiger partial charge on any atom is -0.352 e. The molecular formula is C29H41ClFNO. The average Bonchev–Trinajstić information content (AvgIpc) is 2.76. The zero-order valence-corrected chi connectivity index (χ0v) is 21.9. The van der Waals surface area contributed by atoms with Crippen molar-refractivity contribution in [3.05, 3.63) is 63.2 Å². The molecule has 1 aromatic carbocycles. The molecule has 0 heterocycles. The number of rotatable bonds is 11. The Balaban J connectivity index is 2.02. The highest BCUT2D eigenvalue weighted by molar-refractivity contribution is 6.32. The molecule has 0 aromatic heterocycles. The summed E-state index contributed by atoms with van der Waals surface area (Å²) in [6.07, 6.45) is 14.4. The summed E-state index contributed by atoms with van der Waals surface area (Å²) in [6.45, 7) is 11.3. The van der Waals surface area contributed by atoms with Crippen LogP contribution in [-0.4, -0.2) is 12.5 Å². The van der Waals surface area contributed by atoms with Crippen LogP contribution in [0.1, 0.15) is 108 Å². The van der Waals surface area contributed by atoms with Gasteiger partial charge in [-0.05, 0) is 74.3 Å². The van der Waals surface area contributed by atoms with E-state index in [0.29, 0.717) is 23.2 Å². The molecule has 0 unspecified atom stereocenters. The summed E-state index contributed by atoms with van der Waals surface area (Å²) in [6, 6.07) is 4.80. The summed E-state index contributed by atoms with van der Waals surface area (Å²) in [5.74, 6) is -0.526. The van der Waals surface area contributed by atoms with E-state index in [1.165, 1.54) is 43.3 Å². The topological polar surface area (TPSA) is 29.1 Å². The average molecular weight is 474 g/mol. The van der Waals surface area contributed by atoms with E-state index in [1.54, 1.807) is 25.1 Å². The van der Waals surface area contributed by atoms with Gasteiger partial charge in [0, 0.05) is 17.7 Å². The second kappa shape index (κ2) is 13.1. The Hall–Kier alpha value is -1.87. The van der Waals surface area contributed by atoms with Crippen molar-refractivity contribution >= 4 is 23.3 Å². The van der Waals surface area contributed by atoms with Crippen LogP contribution in [0.25, 0.3) is 5.83 Å². The standard InChI is InChI=1S/C29H41ClFNO/c1-6-7-8-9-10-11-19-32-28(33)23-15-16-24(26(30)20-23)27(31)22(3)14-17-25-21(2)13-12-18-29(25,4)5/h14-17,20H,6-13,18-19H2,1-5H3,(H,32,33)/b17-14+,27-22-. The van der Waals surface area contributed by atoms with Gasteiger partial charge in [0.25, 0.3) is 5.91 Å². The summed E-state index contributed by atoms with van der Waals surface area (Å²) in [7, 11) is 0. The molecule has 0 spiro atoms. The molecule has 1 aromatic rings. The molecule has 0 fully saturated rings. The molecule has 1 aliphatic carbocycles. The normalized spacial score (nSPS) is 16.8. The highest BCUT2D eigenvalue weighted by Crippen LogP contribution is 2.41. The van der Waals surface area contributed by atoms with E-state index in [4.69, 9.17) is 11.6 Å². The first-order valence-corrected chi connectivity index (χ1v) is 12.9. The van der Waals surface area contributed by atoms with Gasteiger partial charge in [-0.3, -0.25) is 4.79 Å². The molecule has 0 saturated heterocycles. The van der Waals surface area contributed by atoms with Crippen LogP contribution in [0.15, 0.2) is 47.1 Å². The van der Waals surface area contributed by atoms with Gasteiger partial charge in [0.1, 0.15) is 5.83 Å². The Morgan fingerprint density at radius 3 is 2.55 bits per heavy atom. The van der Waals surface area contributed by atoms with Crippen molar-refractivity contribution in [2.45, 2.75) is 92.4 Å². The maximum Gasteiger partial charge on any atom is 0.251 e. The summed E-state index contributed by atoms with van der Waals surface area (Å²) < 4.78 is 15.2. The maximum atomic E-state index is 15.2. The van der Waals surface area contributed by atoms with Gasteiger partial charge in [0.2, 0.25) is 0 Å². The fourth-order valence-electron chi connectivity index (χ4n) is 4.55. The number of carbonyl (C=O) groups is 1. The number of benzene rings is 1. The first-order valence-electron chi connectivity index (χ1n) is 12.5. The molecule has 0 bridgehead atoms. The second-order valence-corrected chi connectivity index (χ2v) is 10.4. The number of amides is 1. The molecule has 1 amide bonds. The Kier molecular flexibility index (Phi) is 10.9. The number of carbonyl (C=O) groups excluding carboxylic acids is 1. The van der Waals surface area contributed by atoms with E-state index in [-0.39, 0.29) is 22.2 Å². The van der Waals surface area contributed by atoms with E-state index in [9.17, 15) is 4.79 Å². The van der Waals surface area contributed by atoms with E-state index >= 15 is 4.39 Å². The second-order valence-electron chi connectivity index (χ2n) is 9.98. The van der Waals surface area contributed by atoms with E-state index < -0.39 is 0 Å². The molecule has 182 valence electrons. The van der Waals surface area contributed by atoms with Crippen molar-refractivity contribution in [3.63, 3.8) is 0 Å². The van der Waals surface area contributed by atoms with Crippen molar-refractivity contribution in [3.8, 4) is 0 Å². The van der Waals surface area contributed by atoms with Crippen molar-refractivity contribution in [1.82, 2.24) is 5.32 Å². The monoisotopic (exact) mass is 473 g/mol. The van der Waals surface area contributed by atoms with Crippen LogP contribution >= 0.6 is 11.6 Å². The molecular weight excluding hydrogens is 433 g/mol.